The predicted molar refractivity (Wildman–Crippen MR) is 64.2 cm³/mol. The van der Waals surface area contributed by atoms with Crippen LogP contribution in [0.3, 0.4) is 0 Å². The van der Waals surface area contributed by atoms with Gasteiger partial charge in [-0.05, 0) is 18.1 Å². The van der Waals surface area contributed by atoms with E-state index in [2.05, 4.69) is 0 Å². The fraction of sp³-hybridized carbons (Fsp3) is 0.500. The maximum atomic E-state index is 10.9. The molecule has 0 saturated heterocycles. The summed E-state index contributed by atoms with van der Waals surface area (Å²) in [5.74, 6) is 0.216. The summed E-state index contributed by atoms with van der Waals surface area (Å²) in [6, 6.07) is 4.95. The van der Waals surface area contributed by atoms with E-state index in [4.69, 9.17) is 9.84 Å². The Morgan fingerprint density at radius 1 is 1.53 bits per heavy atom. The summed E-state index contributed by atoms with van der Waals surface area (Å²) < 4.78 is 5.35. The van der Waals surface area contributed by atoms with Crippen LogP contribution in [-0.4, -0.2) is 23.2 Å². The van der Waals surface area contributed by atoms with Crippen molar-refractivity contribution in [1.82, 2.24) is 0 Å². The third kappa shape index (κ3) is 3.71. The Hall–Kier alpha value is -1.62. The number of nitro benzene ring substituents is 1. The third-order valence-electron chi connectivity index (χ3n) is 2.46. The Bertz CT molecular complexity index is 392. The zero-order valence-corrected chi connectivity index (χ0v) is 10.0. The van der Waals surface area contributed by atoms with Crippen molar-refractivity contribution in [2.75, 3.05) is 13.2 Å². The van der Waals surface area contributed by atoms with Gasteiger partial charge in [0, 0.05) is 18.6 Å². The molecule has 0 heterocycles. The molecular formula is C12H17NO4. The van der Waals surface area contributed by atoms with Crippen LogP contribution in [0.25, 0.3) is 0 Å². The molecule has 0 aromatic heterocycles. The van der Waals surface area contributed by atoms with E-state index in [0.29, 0.717) is 0 Å². The number of aryl methyl sites for hydroxylation is 1. The van der Waals surface area contributed by atoms with Crippen LogP contribution in [0.5, 0.6) is 5.75 Å². The predicted octanol–water partition coefficient (Wildman–Crippen LogP) is 2.16. The zero-order chi connectivity index (χ0) is 12.8. The smallest absolute Gasteiger partial charge is 0.311 e. The summed E-state index contributed by atoms with van der Waals surface area (Å²) in [4.78, 5) is 10.4. The minimum atomic E-state index is -0.446. The van der Waals surface area contributed by atoms with E-state index >= 15 is 0 Å². The first-order valence-corrected chi connectivity index (χ1v) is 5.59. The molecule has 0 amide bonds. The molecule has 1 unspecified atom stereocenters. The van der Waals surface area contributed by atoms with Crippen molar-refractivity contribution in [2.24, 2.45) is 5.92 Å². The summed E-state index contributed by atoms with van der Waals surface area (Å²) in [6.45, 7) is 4.02. The van der Waals surface area contributed by atoms with Gasteiger partial charge in [-0.15, -0.1) is 0 Å². The molecule has 94 valence electrons. The van der Waals surface area contributed by atoms with Crippen LogP contribution < -0.4 is 4.74 Å². The van der Waals surface area contributed by atoms with Gasteiger partial charge >= 0.3 is 5.69 Å². The highest BCUT2D eigenvalue weighted by atomic mass is 16.6. The van der Waals surface area contributed by atoms with Crippen LogP contribution in [0.4, 0.5) is 5.69 Å². The molecule has 0 radical (unpaired) electrons. The van der Waals surface area contributed by atoms with Gasteiger partial charge in [-0.2, -0.15) is 0 Å². The first-order valence-electron chi connectivity index (χ1n) is 5.59. The molecule has 0 spiro atoms. The summed E-state index contributed by atoms with van der Waals surface area (Å²) in [5.41, 5.74) is 0.883. The molecule has 0 aliphatic heterocycles. The average Bonchev–Trinajstić information content (AvgIpc) is 2.35. The molecule has 5 heteroatoms. The summed E-state index contributed by atoms with van der Waals surface area (Å²) in [5, 5.41) is 19.7. The molecule has 0 bridgehead atoms. The Labute approximate surface area is 100 Å². The molecule has 0 fully saturated rings. The molecule has 0 saturated carbocycles. The number of aliphatic hydroxyl groups is 1. The third-order valence-corrected chi connectivity index (χ3v) is 2.46. The summed E-state index contributed by atoms with van der Waals surface area (Å²) >= 11 is 0. The van der Waals surface area contributed by atoms with Crippen molar-refractivity contribution in [3.8, 4) is 5.75 Å². The van der Waals surface area contributed by atoms with Crippen LogP contribution in [0.2, 0.25) is 0 Å². The molecule has 1 aromatic rings. The normalized spacial score (nSPS) is 12.2. The van der Waals surface area contributed by atoms with Gasteiger partial charge in [-0.1, -0.05) is 19.9 Å². The Kier molecular flexibility index (Phi) is 4.90. The van der Waals surface area contributed by atoms with Crippen molar-refractivity contribution in [3.63, 3.8) is 0 Å². The topological polar surface area (TPSA) is 72.6 Å². The van der Waals surface area contributed by atoms with Crippen molar-refractivity contribution in [3.05, 3.63) is 33.9 Å². The number of nitro groups is 1. The second-order valence-electron chi connectivity index (χ2n) is 4.01. The van der Waals surface area contributed by atoms with Crippen LogP contribution in [-0.2, 0) is 6.42 Å². The van der Waals surface area contributed by atoms with E-state index in [9.17, 15) is 10.1 Å². The molecule has 1 atom stereocenters. The van der Waals surface area contributed by atoms with Gasteiger partial charge in [0.05, 0.1) is 11.5 Å². The number of aliphatic hydroxyl groups excluding tert-OH is 1. The summed E-state index contributed by atoms with van der Waals surface area (Å²) in [6.07, 6.45) is 0.744. The molecular weight excluding hydrogens is 222 g/mol. The minimum absolute atomic E-state index is 0.000835. The lowest BCUT2D eigenvalue weighted by Crippen LogP contribution is -2.12. The highest BCUT2D eigenvalue weighted by Crippen LogP contribution is 2.28. The second-order valence-corrected chi connectivity index (χ2v) is 4.01. The van der Waals surface area contributed by atoms with Crippen molar-refractivity contribution in [2.45, 2.75) is 20.3 Å². The fourth-order valence-electron chi connectivity index (χ4n) is 1.33. The van der Waals surface area contributed by atoms with Gasteiger partial charge in [0.25, 0.3) is 0 Å². The van der Waals surface area contributed by atoms with E-state index in [1.165, 1.54) is 6.07 Å². The van der Waals surface area contributed by atoms with Gasteiger partial charge in [0.15, 0.2) is 5.75 Å². The van der Waals surface area contributed by atoms with Gasteiger partial charge < -0.3 is 9.84 Å². The Balaban J connectivity index is 2.87. The van der Waals surface area contributed by atoms with Crippen molar-refractivity contribution >= 4 is 5.69 Å². The minimum Gasteiger partial charge on any atom is -0.486 e. The molecule has 1 rings (SSSR count). The highest BCUT2D eigenvalue weighted by Gasteiger charge is 2.16. The lowest BCUT2D eigenvalue weighted by molar-refractivity contribution is -0.386. The van der Waals surface area contributed by atoms with Gasteiger partial charge in [-0.3, -0.25) is 10.1 Å². The number of rotatable bonds is 6. The molecule has 1 aromatic carbocycles. The molecule has 17 heavy (non-hydrogen) atoms. The fourth-order valence-corrected chi connectivity index (χ4v) is 1.33. The lowest BCUT2D eigenvalue weighted by atomic mass is 10.1. The Morgan fingerprint density at radius 2 is 2.24 bits per heavy atom. The van der Waals surface area contributed by atoms with Gasteiger partial charge in [0.2, 0.25) is 0 Å². The number of ether oxygens (including phenoxy) is 1. The monoisotopic (exact) mass is 239 g/mol. The number of hydrogen-bond acceptors (Lipinski definition) is 4. The van der Waals surface area contributed by atoms with E-state index in [0.717, 1.165) is 12.0 Å². The highest BCUT2D eigenvalue weighted by molar-refractivity contribution is 5.48. The molecule has 0 aliphatic carbocycles. The van der Waals surface area contributed by atoms with Crippen LogP contribution in [0.15, 0.2) is 18.2 Å². The molecule has 1 N–H and O–H groups in total. The van der Waals surface area contributed by atoms with Gasteiger partial charge in [-0.25, -0.2) is 0 Å². The van der Waals surface area contributed by atoms with E-state index in [-0.39, 0.29) is 30.6 Å². The van der Waals surface area contributed by atoms with Crippen LogP contribution >= 0.6 is 0 Å². The largest absolute Gasteiger partial charge is 0.486 e. The standard InChI is InChI=1S/C12H17NO4/c1-3-10-4-5-12(11(6-10)13(15)16)17-8-9(2)7-14/h4-6,9,14H,3,7-8H2,1-2H3. The number of hydrogen-bond donors (Lipinski definition) is 1. The van der Waals surface area contributed by atoms with Gasteiger partial charge in [0.1, 0.15) is 0 Å². The first kappa shape index (κ1) is 13.4. The SMILES string of the molecule is CCc1ccc(OCC(C)CO)c([N+](=O)[O-])c1. The zero-order valence-electron chi connectivity index (χ0n) is 10.0. The van der Waals surface area contributed by atoms with Crippen molar-refractivity contribution < 1.29 is 14.8 Å². The quantitative estimate of drug-likeness (QED) is 0.610. The van der Waals surface area contributed by atoms with E-state index < -0.39 is 4.92 Å². The number of nitrogens with zero attached hydrogens (tertiary/aromatic N) is 1. The second kappa shape index (κ2) is 6.20. The average molecular weight is 239 g/mol. The van der Waals surface area contributed by atoms with E-state index in [1.54, 1.807) is 6.07 Å². The van der Waals surface area contributed by atoms with Crippen molar-refractivity contribution in [1.29, 1.82) is 0 Å². The van der Waals surface area contributed by atoms with Crippen LogP contribution in [0, 0.1) is 16.0 Å². The first-order chi connectivity index (χ1) is 8.08. The maximum absolute atomic E-state index is 10.9. The molecule has 5 nitrogen and oxygen atoms in total. The molecule has 0 aliphatic rings. The lowest BCUT2D eigenvalue weighted by Gasteiger charge is -2.11. The number of benzene rings is 1. The van der Waals surface area contributed by atoms with E-state index in [1.807, 2.05) is 19.9 Å². The maximum Gasteiger partial charge on any atom is 0.311 e. The Morgan fingerprint density at radius 3 is 2.76 bits per heavy atom. The summed E-state index contributed by atoms with van der Waals surface area (Å²) in [7, 11) is 0. The van der Waals surface area contributed by atoms with Crippen LogP contribution in [0.1, 0.15) is 19.4 Å².